The summed E-state index contributed by atoms with van der Waals surface area (Å²) < 4.78 is -0.389. The Bertz CT molecular complexity index is 1380. The molecule has 0 N–H and O–H groups in total. The summed E-state index contributed by atoms with van der Waals surface area (Å²) in [7, 11) is 3.69. The van der Waals surface area contributed by atoms with Crippen LogP contribution in [0.2, 0.25) is 15.1 Å². The number of pyridine rings is 1. The second-order valence-electron chi connectivity index (χ2n) is 9.27. The van der Waals surface area contributed by atoms with Crippen molar-refractivity contribution in [3.8, 4) is 22.4 Å². The Morgan fingerprint density at radius 3 is 2.25 bits per heavy atom. The van der Waals surface area contributed by atoms with Crippen LogP contribution in [0.3, 0.4) is 0 Å². The molecule has 1 atom stereocenters. The van der Waals surface area contributed by atoms with Crippen molar-refractivity contribution in [2.45, 2.75) is 13.8 Å². The highest BCUT2D eigenvalue weighted by Crippen LogP contribution is 2.44. The zero-order chi connectivity index (χ0) is 26.2. The minimum absolute atomic E-state index is 0.0974. The Hall–Kier alpha value is -2.41. The van der Waals surface area contributed by atoms with E-state index in [1.165, 1.54) is 0 Å². The normalized spacial score (nSPS) is 17.5. The maximum absolute atomic E-state index is 13.7. The van der Waals surface area contributed by atoms with Gasteiger partial charge in [0.05, 0.1) is 16.3 Å². The molecule has 0 radical (unpaired) electrons. The van der Waals surface area contributed by atoms with Gasteiger partial charge in [-0.15, -0.1) is 0 Å². The minimum Gasteiger partial charge on any atom is -0.364 e. The van der Waals surface area contributed by atoms with E-state index in [4.69, 9.17) is 56.5 Å². The highest BCUT2D eigenvalue weighted by molar-refractivity contribution is 6.46. The number of fused-ring (bicyclic) bond motifs is 1. The average Bonchev–Trinajstić information content (AvgIpc) is 2.81. The van der Waals surface area contributed by atoms with Crippen molar-refractivity contribution in [3.63, 3.8) is 0 Å². The second-order valence-corrected chi connectivity index (χ2v) is 11.0. The fourth-order valence-electron chi connectivity index (χ4n) is 4.17. The molecule has 1 aliphatic rings. The summed E-state index contributed by atoms with van der Waals surface area (Å²) >= 11 is 25.5. The molecule has 9 heteroatoms. The number of hydrogen-bond donors (Lipinski definition) is 0. The van der Waals surface area contributed by atoms with Crippen LogP contribution in [-0.4, -0.2) is 42.8 Å². The first kappa shape index (κ1) is 26.6. The van der Waals surface area contributed by atoms with Crippen LogP contribution in [0.4, 0.5) is 5.82 Å². The van der Waals surface area contributed by atoms with Crippen LogP contribution >= 0.6 is 46.4 Å². The number of quaternary nitrogens is 1. The van der Waals surface area contributed by atoms with Gasteiger partial charge >= 0.3 is 5.91 Å². The van der Waals surface area contributed by atoms with Crippen LogP contribution in [0.1, 0.15) is 19.4 Å². The summed E-state index contributed by atoms with van der Waals surface area (Å²) in [5.41, 5.74) is 3.68. The van der Waals surface area contributed by atoms with Crippen LogP contribution in [0, 0.1) is 5.92 Å². The number of rotatable bonds is 6. The van der Waals surface area contributed by atoms with Crippen LogP contribution in [0.25, 0.3) is 28.5 Å². The molecule has 1 aromatic heterocycles. The highest BCUT2D eigenvalue weighted by atomic mass is 35.5. The molecule has 186 valence electrons. The number of benzene rings is 2. The lowest BCUT2D eigenvalue weighted by atomic mass is 9.95. The van der Waals surface area contributed by atoms with Gasteiger partial charge in [0.25, 0.3) is 5.82 Å². The number of hydrogen-bond acceptors (Lipinski definition) is 3. The smallest absolute Gasteiger partial charge is 0.364 e. The lowest BCUT2D eigenvalue weighted by molar-refractivity contribution is -0.126. The van der Waals surface area contributed by atoms with E-state index in [0.717, 1.165) is 11.1 Å². The molecule has 0 saturated carbocycles. The zero-order valence-electron chi connectivity index (χ0n) is 20.3. The number of aromatic nitrogens is 1. The molecule has 2 heterocycles. The third kappa shape index (κ3) is 5.17. The molecule has 4 rings (SSSR count). The Balaban J connectivity index is 2.10. The number of amides is 1. The third-order valence-corrected chi connectivity index (χ3v) is 6.72. The molecule has 0 aliphatic carbocycles. The molecule has 0 saturated heterocycles. The van der Waals surface area contributed by atoms with Crippen molar-refractivity contribution in [1.82, 2.24) is 14.5 Å². The van der Waals surface area contributed by atoms with Crippen molar-refractivity contribution < 1.29 is 4.79 Å². The van der Waals surface area contributed by atoms with Gasteiger partial charge in [0, 0.05) is 41.2 Å². The lowest BCUT2D eigenvalue weighted by Crippen LogP contribution is -2.54. The Morgan fingerprint density at radius 1 is 0.972 bits per heavy atom. The first-order valence-electron chi connectivity index (χ1n) is 11.3. The maximum Gasteiger partial charge on any atom is 0.390 e. The van der Waals surface area contributed by atoms with E-state index < -0.39 is 0 Å². The predicted octanol–water partition coefficient (Wildman–Crippen LogP) is 7.96. The number of halogens is 4. The van der Waals surface area contributed by atoms with Crippen LogP contribution < -0.4 is 4.59 Å². The van der Waals surface area contributed by atoms with Crippen molar-refractivity contribution in [2.24, 2.45) is 11.0 Å². The molecule has 0 bridgehead atoms. The van der Waals surface area contributed by atoms with E-state index >= 15 is 0 Å². The van der Waals surface area contributed by atoms with Gasteiger partial charge in [-0.25, -0.2) is 4.79 Å². The molecule has 1 amide bonds. The average molecular weight is 563 g/mol. The van der Waals surface area contributed by atoms with Crippen LogP contribution in [-0.2, 0) is 4.79 Å². The highest BCUT2D eigenvalue weighted by Gasteiger charge is 2.49. The maximum atomic E-state index is 13.7. The van der Waals surface area contributed by atoms with Gasteiger partial charge in [0.2, 0.25) is 0 Å². The molecule has 5 nitrogen and oxygen atoms in total. The summed E-state index contributed by atoms with van der Waals surface area (Å²) in [6.45, 7) is 4.44. The van der Waals surface area contributed by atoms with E-state index in [1.807, 2.05) is 64.3 Å². The first-order valence-corrected chi connectivity index (χ1v) is 12.8. The van der Waals surface area contributed by atoms with Gasteiger partial charge in [-0.05, 0) is 48.0 Å². The largest absolute Gasteiger partial charge is 0.390 e. The number of carbonyl (C=O) groups is 1. The predicted molar refractivity (Wildman–Crippen MR) is 153 cm³/mol. The molecule has 1 aliphatic heterocycles. The Kier molecular flexibility index (Phi) is 7.79. The Morgan fingerprint density at radius 2 is 1.64 bits per heavy atom. The third-order valence-electron chi connectivity index (χ3n) is 5.65. The number of nitrogens with zero attached hydrogens (tertiary/aromatic N) is 4. The molecule has 3 aromatic rings. The summed E-state index contributed by atoms with van der Waals surface area (Å²) in [5.74, 6) is 0.259. The first-order chi connectivity index (χ1) is 17.0. The van der Waals surface area contributed by atoms with Gasteiger partial charge in [-0.3, -0.25) is 0 Å². The van der Waals surface area contributed by atoms with Crippen LogP contribution in [0.5, 0.6) is 0 Å². The zero-order valence-corrected chi connectivity index (χ0v) is 23.3. The van der Waals surface area contributed by atoms with Crippen LogP contribution in [0.15, 0.2) is 58.7 Å². The van der Waals surface area contributed by atoms with Crippen molar-refractivity contribution >= 4 is 70.5 Å². The summed E-state index contributed by atoms with van der Waals surface area (Å²) in [6.07, 6.45) is 3.27. The quantitative estimate of drug-likeness (QED) is 0.174. The monoisotopic (exact) mass is 561 g/mol. The molecule has 1 unspecified atom stereocenters. The standard InChI is InChI=1S/C27H25Cl4N4O/c1-16(2)14-35(32-15-34(3)4)26-18(12-24(31)27(35)36)11-22(17-5-7-19(28)8-6-17)25(33-26)21-10-9-20(29)13-23(21)30/h5-13,15-16H,14H2,1-4H3/q+1. The molecule has 0 fully saturated rings. The van der Waals surface area contributed by atoms with Gasteiger partial charge in [-0.1, -0.05) is 82.1 Å². The van der Waals surface area contributed by atoms with Crippen molar-refractivity contribution in [1.29, 1.82) is 0 Å². The molecule has 0 spiro atoms. The van der Waals surface area contributed by atoms with Crippen molar-refractivity contribution in [2.75, 3.05) is 20.6 Å². The van der Waals surface area contributed by atoms with Gasteiger partial charge in [0.15, 0.2) is 0 Å². The fourth-order valence-corrected chi connectivity index (χ4v) is 5.05. The van der Waals surface area contributed by atoms with E-state index in [2.05, 4.69) is 0 Å². The van der Waals surface area contributed by atoms with Gasteiger partial charge in [-0.2, -0.15) is 4.98 Å². The molecular formula is C27H25Cl4N4O+. The number of carbonyl (C=O) groups excluding carboxylic acids is 1. The SMILES string of the molecule is CC(C)C[N+]1(N=CN(C)C)C(=O)C(Cl)=Cc2cc(-c3ccc(Cl)cc3)c(-c3ccc(Cl)cc3Cl)nc21. The lowest BCUT2D eigenvalue weighted by Gasteiger charge is -2.33. The summed E-state index contributed by atoms with van der Waals surface area (Å²) in [5, 5.41) is 6.42. The topological polar surface area (TPSA) is 45.6 Å². The second kappa shape index (κ2) is 10.5. The van der Waals surface area contributed by atoms with Gasteiger partial charge in [0.1, 0.15) is 17.9 Å². The van der Waals surface area contributed by atoms with Gasteiger partial charge < -0.3 is 4.90 Å². The Labute approximate surface area is 231 Å². The molecule has 36 heavy (non-hydrogen) atoms. The van der Waals surface area contributed by atoms with E-state index in [1.54, 1.807) is 29.4 Å². The van der Waals surface area contributed by atoms with E-state index in [-0.39, 0.29) is 21.4 Å². The van der Waals surface area contributed by atoms with E-state index in [0.29, 0.717) is 44.3 Å². The summed E-state index contributed by atoms with van der Waals surface area (Å²) in [6, 6.07) is 14.7. The fraction of sp³-hybridized carbons (Fsp3) is 0.222. The van der Waals surface area contributed by atoms with Crippen molar-refractivity contribution in [3.05, 3.63) is 74.2 Å². The summed E-state index contributed by atoms with van der Waals surface area (Å²) in [4.78, 5) is 20.5. The van der Waals surface area contributed by atoms with E-state index in [9.17, 15) is 4.79 Å². The molecular weight excluding hydrogens is 538 g/mol. The molecule has 2 aromatic carbocycles. The minimum atomic E-state index is -0.389.